The summed E-state index contributed by atoms with van der Waals surface area (Å²) in [4.78, 5) is 55.0. The summed E-state index contributed by atoms with van der Waals surface area (Å²) < 4.78 is 48.7. The number of aromatic nitrogens is 4. The zero-order valence-electron chi connectivity index (χ0n) is 24.3. The molecule has 3 aromatic rings. The molecule has 4 heterocycles. The van der Waals surface area contributed by atoms with Crippen LogP contribution in [0.2, 0.25) is 0 Å². The molecule has 15 heteroatoms. The normalized spacial score (nSPS) is 18.4. The summed E-state index contributed by atoms with van der Waals surface area (Å²) >= 11 is 0. The number of alkyl halides is 3. The number of nitrogens with one attached hydrogen (secondary N) is 2. The van der Waals surface area contributed by atoms with Gasteiger partial charge in [-0.3, -0.25) is 14.6 Å². The molecule has 0 bridgehead atoms. The van der Waals surface area contributed by atoms with Crippen molar-refractivity contribution in [3.8, 4) is 5.75 Å². The quantitative estimate of drug-likeness (QED) is 0.352. The van der Waals surface area contributed by atoms with Crippen LogP contribution in [-0.2, 0) is 17.4 Å². The lowest BCUT2D eigenvalue weighted by atomic mass is 9.81. The van der Waals surface area contributed by atoms with Crippen LogP contribution in [0.4, 0.5) is 30.8 Å². The molecule has 238 valence electrons. The van der Waals surface area contributed by atoms with Gasteiger partial charge in [-0.15, -0.1) is 0 Å². The van der Waals surface area contributed by atoms with Gasteiger partial charge in [0, 0.05) is 56.6 Å². The van der Waals surface area contributed by atoms with Gasteiger partial charge in [-0.1, -0.05) is 19.3 Å². The molecule has 45 heavy (non-hydrogen) atoms. The fourth-order valence-corrected chi connectivity index (χ4v) is 6.27. The number of H-pyrrole nitrogens is 1. The predicted octanol–water partition coefficient (Wildman–Crippen LogP) is 3.84. The number of nitrogens with zero attached hydrogens (tertiary/aromatic N) is 5. The lowest BCUT2D eigenvalue weighted by Gasteiger charge is -2.34. The number of carbonyl (C=O) groups excluding carboxylic acids is 1. The van der Waals surface area contributed by atoms with Crippen LogP contribution < -0.4 is 25.4 Å². The fourth-order valence-electron chi connectivity index (χ4n) is 6.27. The number of fused-ring (bicyclic) bond motifs is 1. The molecule has 2 aliphatic heterocycles. The Morgan fingerprint density at radius 3 is 2.51 bits per heavy atom. The van der Waals surface area contributed by atoms with Gasteiger partial charge < -0.3 is 25.0 Å². The molecule has 2 aromatic heterocycles. The monoisotopic (exact) mass is 627 g/mol. The minimum Gasteiger partial charge on any atom is -0.490 e. The molecule has 0 spiro atoms. The van der Waals surface area contributed by atoms with Crippen molar-refractivity contribution in [1.82, 2.24) is 25.3 Å². The average molecular weight is 628 g/mol. The van der Waals surface area contributed by atoms with E-state index in [1.165, 1.54) is 12.3 Å². The summed E-state index contributed by atoms with van der Waals surface area (Å²) in [6, 6.07) is 6.73. The highest BCUT2D eigenvalue weighted by Crippen LogP contribution is 2.38. The van der Waals surface area contributed by atoms with E-state index in [4.69, 9.17) is 4.74 Å². The summed E-state index contributed by atoms with van der Waals surface area (Å²) in [5.74, 6) is -1.49. The van der Waals surface area contributed by atoms with E-state index in [1.807, 2.05) is 11.0 Å². The van der Waals surface area contributed by atoms with Crippen molar-refractivity contribution in [2.45, 2.75) is 69.2 Å². The van der Waals surface area contributed by atoms with Crippen molar-refractivity contribution in [3.63, 3.8) is 0 Å². The number of rotatable bonds is 7. The third-order valence-electron chi connectivity index (χ3n) is 8.65. The van der Waals surface area contributed by atoms with Crippen LogP contribution in [0, 0.1) is 0 Å². The van der Waals surface area contributed by atoms with Crippen LogP contribution in [0.5, 0.6) is 5.75 Å². The largest absolute Gasteiger partial charge is 0.490 e. The number of hydrogen-bond acceptors (Lipinski definition) is 9. The number of carboxylic acids is 1. The maximum absolute atomic E-state index is 14.2. The van der Waals surface area contributed by atoms with Crippen molar-refractivity contribution in [2.24, 2.45) is 0 Å². The molecule has 6 rings (SSSR count). The molecule has 3 N–H and O–H groups in total. The molecule has 2 fully saturated rings. The minimum atomic E-state index is -4.98. The molecule has 1 saturated heterocycles. The van der Waals surface area contributed by atoms with E-state index in [2.05, 4.69) is 25.3 Å². The van der Waals surface area contributed by atoms with Crippen LogP contribution in [0.1, 0.15) is 66.6 Å². The van der Waals surface area contributed by atoms with Crippen LogP contribution in [-0.4, -0.2) is 68.2 Å². The zero-order chi connectivity index (χ0) is 31.8. The summed E-state index contributed by atoms with van der Waals surface area (Å²) in [7, 11) is 0. The lowest BCUT2D eigenvalue weighted by Crippen LogP contribution is -2.55. The number of hydrogen-bond donors (Lipinski definition) is 3. The van der Waals surface area contributed by atoms with E-state index in [9.17, 15) is 32.7 Å². The van der Waals surface area contributed by atoms with Gasteiger partial charge in [0.25, 0.3) is 11.5 Å². The predicted molar refractivity (Wildman–Crippen MR) is 156 cm³/mol. The highest BCUT2D eigenvalue weighted by molar-refractivity contribution is 5.98. The number of amides is 1. The highest BCUT2D eigenvalue weighted by Gasteiger charge is 2.44. The van der Waals surface area contributed by atoms with Crippen LogP contribution in [0.25, 0.3) is 0 Å². The molecule has 0 atom stereocenters. The first-order valence-electron chi connectivity index (χ1n) is 14.9. The number of halogens is 3. The number of piperidine rings is 1. The van der Waals surface area contributed by atoms with Crippen molar-refractivity contribution < 1.29 is 32.6 Å². The SMILES string of the molecule is O=C(NC1(C(=O)O)CCCCC1)c1cnc(N2CCc3cc(OC4CCN(c5nccc(=O)[nH]5)CC4)ccc32)nc1C(F)(F)F. The molecule has 0 radical (unpaired) electrons. The zero-order valence-corrected chi connectivity index (χ0v) is 24.3. The smallest absolute Gasteiger partial charge is 0.434 e. The molecule has 1 aromatic carbocycles. The molecular weight excluding hydrogens is 595 g/mol. The van der Waals surface area contributed by atoms with Crippen molar-refractivity contribution in [1.29, 1.82) is 0 Å². The standard InChI is InChI=1S/C30H32F3N7O5/c31-30(32,33)24-21(25(42)38-29(26(43)44)10-2-1-3-11-29)17-35-28(37-24)40-15-7-18-16-20(4-5-22(18)40)45-19-8-13-39(14-9-19)27-34-12-6-23(41)36-27/h4-6,12,16-17,19H,1-3,7-11,13-15H2,(H,38,42)(H,43,44)(H,34,36,41). The molecule has 1 aliphatic carbocycles. The topological polar surface area (TPSA) is 154 Å². The van der Waals surface area contributed by atoms with E-state index in [1.54, 1.807) is 17.0 Å². The fraction of sp³-hybridized carbons (Fsp3) is 0.467. The summed E-state index contributed by atoms with van der Waals surface area (Å²) in [6.07, 6.45) is 1.35. The number of carboxylic acid groups (broad SMARTS) is 1. The summed E-state index contributed by atoms with van der Waals surface area (Å²) in [5.41, 5.74) is -2.59. The van der Waals surface area contributed by atoms with E-state index < -0.39 is 34.8 Å². The van der Waals surface area contributed by atoms with Crippen LogP contribution >= 0.6 is 0 Å². The molecule has 1 saturated carbocycles. The lowest BCUT2D eigenvalue weighted by molar-refractivity contribution is -0.145. The summed E-state index contributed by atoms with van der Waals surface area (Å²) in [5, 5.41) is 12.1. The van der Waals surface area contributed by atoms with Crippen LogP contribution in [0.15, 0.2) is 41.5 Å². The second-order valence-electron chi connectivity index (χ2n) is 11.6. The Hall–Kier alpha value is -4.69. The number of anilines is 3. The van der Waals surface area contributed by atoms with Crippen molar-refractivity contribution >= 4 is 29.5 Å². The van der Waals surface area contributed by atoms with Gasteiger partial charge in [-0.25, -0.2) is 19.7 Å². The van der Waals surface area contributed by atoms with Crippen molar-refractivity contribution in [2.75, 3.05) is 29.4 Å². The van der Waals surface area contributed by atoms with Crippen molar-refractivity contribution in [3.05, 3.63) is 63.8 Å². The Bertz CT molecular complexity index is 1650. The molecular formula is C30H32F3N7O5. The third kappa shape index (κ3) is 6.28. The molecule has 3 aliphatic rings. The maximum Gasteiger partial charge on any atom is 0.434 e. The number of benzene rings is 1. The van der Waals surface area contributed by atoms with Gasteiger partial charge in [0.15, 0.2) is 5.69 Å². The third-order valence-corrected chi connectivity index (χ3v) is 8.65. The molecule has 12 nitrogen and oxygen atoms in total. The first kappa shape index (κ1) is 30.3. The Morgan fingerprint density at radius 2 is 1.82 bits per heavy atom. The van der Waals surface area contributed by atoms with E-state index in [-0.39, 0.29) is 30.5 Å². The van der Waals surface area contributed by atoms with E-state index in [0.29, 0.717) is 69.1 Å². The van der Waals surface area contributed by atoms with Gasteiger partial charge in [0.2, 0.25) is 11.9 Å². The molecule has 0 unspecified atom stereocenters. The Morgan fingerprint density at radius 1 is 1.07 bits per heavy atom. The van der Waals surface area contributed by atoms with Gasteiger partial charge in [-0.05, 0) is 43.0 Å². The Kier molecular flexibility index (Phi) is 8.10. The Labute approximate surface area is 255 Å². The van der Waals surface area contributed by atoms with E-state index in [0.717, 1.165) is 18.2 Å². The van der Waals surface area contributed by atoms with Gasteiger partial charge >= 0.3 is 12.1 Å². The van der Waals surface area contributed by atoms with Crippen LogP contribution in [0.3, 0.4) is 0 Å². The first-order chi connectivity index (χ1) is 21.5. The highest BCUT2D eigenvalue weighted by atomic mass is 19.4. The number of ether oxygens (including phenoxy) is 1. The number of carbonyl (C=O) groups is 2. The second-order valence-corrected chi connectivity index (χ2v) is 11.6. The van der Waals surface area contributed by atoms with E-state index >= 15 is 0 Å². The first-order valence-corrected chi connectivity index (χ1v) is 14.9. The summed E-state index contributed by atoms with van der Waals surface area (Å²) in [6.45, 7) is 1.63. The number of aliphatic carboxylic acids is 1. The van der Waals surface area contributed by atoms with Gasteiger partial charge in [-0.2, -0.15) is 13.2 Å². The molecule has 1 amide bonds. The van der Waals surface area contributed by atoms with Gasteiger partial charge in [0.05, 0.1) is 5.56 Å². The second kappa shape index (κ2) is 12.0. The average Bonchev–Trinajstić information content (AvgIpc) is 3.44. The maximum atomic E-state index is 14.2. The Balaban J connectivity index is 1.16. The van der Waals surface area contributed by atoms with Gasteiger partial charge in [0.1, 0.15) is 17.4 Å². The number of aromatic amines is 1. The minimum absolute atomic E-state index is 0.0579.